The third-order valence-electron chi connectivity index (χ3n) is 4.64. The summed E-state index contributed by atoms with van der Waals surface area (Å²) in [5, 5.41) is 0. The Morgan fingerprint density at radius 2 is 2.11 bits per heavy atom. The molecular weight excluding hydrogens is 222 g/mol. The van der Waals surface area contributed by atoms with E-state index in [1.807, 2.05) is 0 Å². The highest BCUT2D eigenvalue weighted by Crippen LogP contribution is 2.29. The van der Waals surface area contributed by atoms with Gasteiger partial charge in [-0.1, -0.05) is 6.92 Å². The molecule has 0 N–H and O–H groups in total. The smallest absolute Gasteiger partial charge is 0.109 e. The van der Waals surface area contributed by atoms with Crippen LogP contribution in [0.25, 0.3) is 0 Å². The van der Waals surface area contributed by atoms with Crippen molar-refractivity contribution in [1.29, 1.82) is 0 Å². The summed E-state index contributed by atoms with van der Waals surface area (Å²) in [4.78, 5) is 7.49. The van der Waals surface area contributed by atoms with Crippen molar-refractivity contribution in [2.24, 2.45) is 5.92 Å². The van der Waals surface area contributed by atoms with E-state index < -0.39 is 0 Å². The van der Waals surface area contributed by atoms with Gasteiger partial charge in [0.25, 0.3) is 0 Å². The van der Waals surface area contributed by atoms with Crippen LogP contribution in [0, 0.1) is 5.92 Å². The molecule has 18 heavy (non-hydrogen) atoms. The van der Waals surface area contributed by atoms with Crippen molar-refractivity contribution in [3.05, 3.63) is 17.7 Å². The molecular formula is C15H25N3. The van der Waals surface area contributed by atoms with Crippen LogP contribution < -0.4 is 0 Å². The fraction of sp³-hybridized carbons (Fsp3) is 0.800. The van der Waals surface area contributed by atoms with Crippen molar-refractivity contribution < 1.29 is 0 Å². The van der Waals surface area contributed by atoms with E-state index in [2.05, 4.69) is 36.4 Å². The van der Waals surface area contributed by atoms with Gasteiger partial charge in [0.1, 0.15) is 5.82 Å². The fourth-order valence-corrected chi connectivity index (χ4v) is 3.30. The lowest BCUT2D eigenvalue weighted by molar-refractivity contribution is 0.272. The number of hydrogen-bond donors (Lipinski definition) is 0. The second kappa shape index (κ2) is 4.69. The maximum absolute atomic E-state index is 4.91. The molecule has 2 atom stereocenters. The van der Waals surface area contributed by atoms with E-state index in [0.717, 1.165) is 5.92 Å². The summed E-state index contributed by atoms with van der Waals surface area (Å²) < 4.78 is 2.40. The first-order valence-electron chi connectivity index (χ1n) is 7.43. The van der Waals surface area contributed by atoms with Crippen LogP contribution in [0.2, 0.25) is 0 Å². The molecule has 0 aliphatic carbocycles. The number of fused-ring (bicyclic) bond motifs is 1. The molecule has 0 spiro atoms. The van der Waals surface area contributed by atoms with Crippen LogP contribution in [0.5, 0.6) is 0 Å². The Bertz CT molecular complexity index is 421. The van der Waals surface area contributed by atoms with Gasteiger partial charge in [0.05, 0.1) is 5.69 Å². The minimum absolute atomic E-state index is 0.667. The summed E-state index contributed by atoms with van der Waals surface area (Å²) in [6, 6.07) is 0.673. The molecule has 3 rings (SSSR count). The minimum Gasteiger partial charge on any atom is -0.335 e. The van der Waals surface area contributed by atoms with Gasteiger partial charge in [-0.3, -0.25) is 0 Å². The maximum atomic E-state index is 4.91. The first-order chi connectivity index (χ1) is 8.63. The molecule has 1 saturated heterocycles. The second-order valence-electron chi connectivity index (χ2n) is 6.45. The van der Waals surface area contributed by atoms with Crippen LogP contribution in [-0.4, -0.2) is 33.6 Å². The highest BCUT2D eigenvalue weighted by atomic mass is 15.2. The van der Waals surface area contributed by atoms with E-state index in [0.29, 0.717) is 12.0 Å². The van der Waals surface area contributed by atoms with E-state index in [9.17, 15) is 0 Å². The molecule has 0 radical (unpaired) electrons. The molecule has 0 bridgehead atoms. The molecule has 2 unspecified atom stereocenters. The molecule has 3 heteroatoms. The van der Waals surface area contributed by atoms with Gasteiger partial charge in [0.2, 0.25) is 0 Å². The Morgan fingerprint density at radius 3 is 2.83 bits per heavy atom. The topological polar surface area (TPSA) is 21.1 Å². The van der Waals surface area contributed by atoms with Gasteiger partial charge in [-0.05, 0) is 39.2 Å². The fourth-order valence-electron chi connectivity index (χ4n) is 3.30. The Hall–Kier alpha value is -0.830. The van der Waals surface area contributed by atoms with Crippen LogP contribution in [0.15, 0.2) is 6.20 Å². The van der Waals surface area contributed by atoms with Gasteiger partial charge in [-0.2, -0.15) is 0 Å². The van der Waals surface area contributed by atoms with E-state index in [-0.39, 0.29) is 0 Å². The number of aryl methyl sites for hydroxylation is 1. The molecule has 1 aromatic rings. The molecule has 2 aliphatic rings. The number of hydrogen-bond acceptors (Lipinski definition) is 2. The zero-order valence-electron chi connectivity index (χ0n) is 11.9. The Morgan fingerprint density at radius 1 is 1.28 bits per heavy atom. The average Bonchev–Trinajstić information content (AvgIpc) is 2.93. The predicted molar refractivity (Wildman–Crippen MR) is 73.8 cm³/mol. The largest absolute Gasteiger partial charge is 0.335 e. The molecule has 0 aromatic carbocycles. The van der Waals surface area contributed by atoms with Gasteiger partial charge >= 0.3 is 0 Å². The van der Waals surface area contributed by atoms with Crippen LogP contribution in [0.3, 0.4) is 0 Å². The number of rotatable bonds is 2. The van der Waals surface area contributed by atoms with Gasteiger partial charge in [0, 0.05) is 37.7 Å². The Labute approximate surface area is 110 Å². The summed E-state index contributed by atoms with van der Waals surface area (Å²) in [5.74, 6) is 2.80. The molecule has 0 saturated carbocycles. The molecule has 100 valence electrons. The van der Waals surface area contributed by atoms with Gasteiger partial charge in [0.15, 0.2) is 0 Å². The van der Waals surface area contributed by atoms with E-state index in [1.54, 1.807) is 0 Å². The van der Waals surface area contributed by atoms with E-state index >= 15 is 0 Å². The zero-order chi connectivity index (χ0) is 12.7. The van der Waals surface area contributed by atoms with Crippen LogP contribution >= 0.6 is 0 Å². The lowest BCUT2D eigenvalue weighted by Crippen LogP contribution is -2.27. The van der Waals surface area contributed by atoms with Crippen LogP contribution in [-0.2, 0) is 13.0 Å². The van der Waals surface area contributed by atoms with Gasteiger partial charge in [-0.25, -0.2) is 4.98 Å². The monoisotopic (exact) mass is 247 g/mol. The highest BCUT2D eigenvalue weighted by Gasteiger charge is 2.28. The number of imidazole rings is 1. The summed E-state index contributed by atoms with van der Waals surface area (Å²) in [6.07, 6.45) is 6.09. The van der Waals surface area contributed by atoms with Crippen molar-refractivity contribution in [3.8, 4) is 0 Å². The molecule has 0 amide bonds. The predicted octanol–water partition coefficient (Wildman–Crippen LogP) is 2.66. The Kier molecular flexibility index (Phi) is 3.18. The Balaban J connectivity index is 1.74. The summed E-state index contributed by atoms with van der Waals surface area (Å²) in [6.45, 7) is 10.5. The molecule has 3 nitrogen and oxygen atoms in total. The first-order valence-corrected chi connectivity index (χ1v) is 7.43. The van der Waals surface area contributed by atoms with Crippen molar-refractivity contribution in [1.82, 2.24) is 14.5 Å². The normalized spacial score (nSPS) is 28.9. The zero-order valence-corrected chi connectivity index (χ0v) is 11.9. The van der Waals surface area contributed by atoms with Gasteiger partial charge < -0.3 is 9.47 Å². The molecule has 2 aliphatic heterocycles. The quantitative estimate of drug-likeness (QED) is 0.801. The SMILES string of the molecule is CC1CCn2cc(C3CCN(C(C)C)C3)nc2C1. The molecule has 1 aromatic heterocycles. The van der Waals surface area contributed by atoms with Crippen LogP contribution in [0.4, 0.5) is 0 Å². The number of likely N-dealkylation sites (tertiary alicyclic amines) is 1. The minimum atomic E-state index is 0.667. The van der Waals surface area contributed by atoms with Crippen molar-refractivity contribution in [3.63, 3.8) is 0 Å². The van der Waals surface area contributed by atoms with Crippen molar-refractivity contribution in [2.45, 2.75) is 58.5 Å². The standard InChI is InChI=1S/C15H25N3/c1-11(2)17-7-5-13(9-17)14-10-18-6-4-12(3)8-15(18)16-14/h10-13H,4-9H2,1-3H3. The molecule has 1 fully saturated rings. The number of nitrogens with zero attached hydrogens (tertiary/aromatic N) is 3. The summed E-state index contributed by atoms with van der Waals surface area (Å²) >= 11 is 0. The third-order valence-corrected chi connectivity index (χ3v) is 4.64. The molecule has 3 heterocycles. The lowest BCUT2D eigenvalue weighted by Gasteiger charge is -2.19. The third kappa shape index (κ3) is 2.20. The maximum Gasteiger partial charge on any atom is 0.109 e. The lowest BCUT2D eigenvalue weighted by atomic mass is 10.0. The van der Waals surface area contributed by atoms with E-state index in [1.165, 1.54) is 50.4 Å². The van der Waals surface area contributed by atoms with E-state index in [4.69, 9.17) is 4.98 Å². The number of aromatic nitrogens is 2. The van der Waals surface area contributed by atoms with Crippen molar-refractivity contribution in [2.75, 3.05) is 13.1 Å². The highest BCUT2D eigenvalue weighted by molar-refractivity contribution is 5.14. The first kappa shape index (κ1) is 12.2. The average molecular weight is 247 g/mol. The van der Waals surface area contributed by atoms with Crippen LogP contribution in [0.1, 0.15) is 51.0 Å². The summed E-state index contributed by atoms with van der Waals surface area (Å²) in [5.41, 5.74) is 1.35. The van der Waals surface area contributed by atoms with Gasteiger partial charge in [-0.15, -0.1) is 0 Å². The second-order valence-corrected chi connectivity index (χ2v) is 6.45. The summed E-state index contributed by atoms with van der Waals surface area (Å²) in [7, 11) is 0. The van der Waals surface area contributed by atoms with Crippen molar-refractivity contribution >= 4 is 0 Å².